The SMILES string of the molecule is NCCc1ccc(O)c(O)c1.OCc1ccccc1. The van der Waals surface area contributed by atoms with Crippen molar-refractivity contribution in [2.45, 2.75) is 13.0 Å². The van der Waals surface area contributed by atoms with Gasteiger partial charge in [-0.25, -0.2) is 0 Å². The number of hydrogen-bond donors (Lipinski definition) is 4. The third-order valence-electron chi connectivity index (χ3n) is 2.50. The first-order valence-corrected chi connectivity index (χ1v) is 6.03. The van der Waals surface area contributed by atoms with Crippen LogP contribution in [0, 0.1) is 0 Å². The molecule has 0 atom stereocenters. The van der Waals surface area contributed by atoms with Gasteiger partial charge in [-0.05, 0) is 36.2 Å². The van der Waals surface area contributed by atoms with E-state index < -0.39 is 0 Å². The van der Waals surface area contributed by atoms with Gasteiger partial charge in [0, 0.05) is 0 Å². The molecule has 0 bridgehead atoms. The minimum absolute atomic E-state index is 0.0871. The maximum absolute atomic E-state index is 9.04. The molecule has 0 aromatic heterocycles. The molecule has 5 N–H and O–H groups in total. The molecule has 0 saturated carbocycles. The average molecular weight is 261 g/mol. The summed E-state index contributed by atoms with van der Waals surface area (Å²) in [6, 6.07) is 14.2. The van der Waals surface area contributed by atoms with E-state index in [1.807, 2.05) is 30.3 Å². The summed E-state index contributed by atoms with van der Waals surface area (Å²) in [4.78, 5) is 0. The Bertz CT molecular complexity index is 486. The fraction of sp³-hybridized carbons (Fsp3) is 0.200. The molecule has 0 amide bonds. The third kappa shape index (κ3) is 5.42. The van der Waals surface area contributed by atoms with Crippen LogP contribution in [0.15, 0.2) is 48.5 Å². The number of benzene rings is 2. The number of phenolic OH excluding ortho intramolecular Hbond substituents is 2. The number of nitrogens with two attached hydrogens (primary N) is 1. The molecule has 0 spiro atoms. The largest absolute Gasteiger partial charge is 0.504 e. The fourth-order valence-corrected chi connectivity index (χ4v) is 1.47. The monoisotopic (exact) mass is 261 g/mol. The molecule has 0 unspecified atom stereocenters. The van der Waals surface area contributed by atoms with E-state index in [-0.39, 0.29) is 18.1 Å². The molecule has 0 radical (unpaired) electrons. The summed E-state index contributed by atoms with van der Waals surface area (Å²) < 4.78 is 0. The lowest BCUT2D eigenvalue weighted by molar-refractivity contribution is 0.282. The van der Waals surface area contributed by atoms with Crippen LogP contribution >= 0.6 is 0 Å². The fourth-order valence-electron chi connectivity index (χ4n) is 1.47. The predicted molar refractivity (Wildman–Crippen MR) is 74.9 cm³/mol. The van der Waals surface area contributed by atoms with Crippen LogP contribution in [0.2, 0.25) is 0 Å². The van der Waals surface area contributed by atoms with Gasteiger partial charge in [-0.15, -0.1) is 0 Å². The molecule has 0 aliphatic carbocycles. The van der Waals surface area contributed by atoms with Crippen LogP contribution in [0.3, 0.4) is 0 Å². The van der Waals surface area contributed by atoms with Crippen LogP contribution in [0.4, 0.5) is 0 Å². The van der Waals surface area contributed by atoms with E-state index in [4.69, 9.17) is 21.1 Å². The Morgan fingerprint density at radius 3 is 2.00 bits per heavy atom. The summed E-state index contributed by atoms with van der Waals surface area (Å²) >= 11 is 0. The molecular weight excluding hydrogens is 242 g/mol. The molecule has 2 aromatic rings. The molecule has 0 aliphatic heterocycles. The Morgan fingerprint density at radius 2 is 1.53 bits per heavy atom. The Morgan fingerprint density at radius 1 is 0.842 bits per heavy atom. The van der Waals surface area contributed by atoms with Gasteiger partial charge < -0.3 is 21.1 Å². The highest BCUT2D eigenvalue weighted by Crippen LogP contribution is 2.24. The first kappa shape index (κ1) is 15.0. The second-order valence-electron chi connectivity index (χ2n) is 4.01. The molecule has 19 heavy (non-hydrogen) atoms. The summed E-state index contributed by atoms with van der Waals surface area (Å²) in [6.07, 6.45) is 0.716. The molecule has 2 rings (SSSR count). The van der Waals surface area contributed by atoms with E-state index in [0.717, 1.165) is 11.1 Å². The van der Waals surface area contributed by atoms with E-state index in [1.54, 1.807) is 6.07 Å². The Balaban J connectivity index is 0.000000200. The lowest BCUT2D eigenvalue weighted by atomic mass is 10.1. The zero-order valence-electron chi connectivity index (χ0n) is 10.7. The lowest BCUT2D eigenvalue weighted by Gasteiger charge is -2.00. The second kappa shape index (κ2) is 8.13. The van der Waals surface area contributed by atoms with E-state index in [1.165, 1.54) is 12.1 Å². The Kier molecular flexibility index (Phi) is 6.43. The van der Waals surface area contributed by atoms with Gasteiger partial charge in [0.1, 0.15) is 0 Å². The van der Waals surface area contributed by atoms with Gasteiger partial charge in [-0.3, -0.25) is 0 Å². The highest BCUT2D eigenvalue weighted by molar-refractivity contribution is 5.40. The number of aromatic hydroxyl groups is 2. The third-order valence-corrected chi connectivity index (χ3v) is 2.50. The normalized spacial score (nSPS) is 9.58. The van der Waals surface area contributed by atoms with Crippen molar-refractivity contribution in [3.05, 3.63) is 59.7 Å². The van der Waals surface area contributed by atoms with Crippen molar-refractivity contribution in [2.24, 2.45) is 5.73 Å². The maximum atomic E-state index is 9.04. The van der Waals surface area contributed by atoms with E-state index >= 15 is 0 Å². The van der Waals surface area contributed by atoms with Gasteiger partial charge in [0.25, 0.3) is 0 Å². The van der Waals surface area contributed by atoms with Crippen LogP contribution in [0.1, 0.15) is 11.1 Å². The minimum Gasteiger partial charge on any atom is -0.504 e. The molecule has 0 aliphatic rings. The molecule has 0 saturated heterocycles. The van der Waals surface area contributed by atoms with Crippen molar-refractivity contribution < 1.29 is 15.3 Å². The summed E-state index contributed by atoms with van der Waals surface area (Å²) in [5.74, 6) is -0.179. The number of rotatable bonds is 3. The van der Waals surface area contributed by atoms with Crippen molar-refractivity contribution in [3.63, 3.8) is 0 Å². The molecule has 0 fully saturated rings. The van der Waals surface area contributed by atoms with E-state index in [0.29, 0.717) is 13.0 Å². The van der Waals surface area contributed by atoms with Crippen LogP contribution in [-0.2, 0) is 13.0 Å². The highest BCUT2D eigenvalue weighted by atomic mass is 16.3. The van der Waals surface area contributed by atoms with Gasteiger partial charge in [0.2, 0.25) is 0 Å². The summed E-state index contributed by atoms with van der Waals surface area (Å²) in [7, 11) is 0. The highest BCUT2D eigenvalue weighted by Gasteiger charge is 1.98. The van der Waals surface area contributed by atoms with Crippen molar-refractivity contribution in [1.82, 2.24) is 0 Å². The van der Waals surface area contributed by atoms with Crippen LogP contribution in [-0.4, -0.2) is 21.9 Å². The van der Waals surface area contributed by atoms with Crippen molar-refractivity contribution in [3.8, 4) is 11.5 Å². The molecule has 4 heteroatoms. The van der Waals surface area contributed by atoms with Gasteiger partial charge in [-0.1, -0.05) is 36.4 Å². The Hall–Kier alpha value is -2.04. The van der Waals surface area contributed by atoms with Gasteiger partial charge >= 0.3 is 0 Å². The van der Waals surface area contributed by atoms with E-state index in [9.17, 15) is 0 Å². The summed E-state index contributed by atoms with van der Waals surface area (Å²) in [6.45, 7) is 0.686. The molecule has 0 heterocycles. The molecule has 4 nitrogen and oxygen atoms in total. The number of aliphatic hydroxyl groups is 1. The first-order valence-electron chi connectivity index (χ1n) is 6.03. The van der Waals surface area contributed by atoms with Gasteiger partial charge in [0.05, 0.1) is 6.61 Å². The second-order valence-corrected chi connectivity index (χ2v) is 4.01. The quantitative estimate of drug-likeness (QED) is 0.634. The van der Waals surface area contributed by atoms with E-state index in [2.05, 4.69) is 0 Å². The topological polar surface area (TPSA) is 86.7 Å². The van der Waals surface area contributed by atoms with Crippen LogP contribution in [0.25, 0.3) is 0 Å². The lowest BCUT2D eigenvalue weighted by Crippen LogP contribution is -2.02. The zero-order valence-corrected chi connectivity index (χ0v) is 10.7. The molecule has 102 valence electrons. The standard InChI is InChI=1S/C8H11NO2.C7H8O/c9-4-3-6-1-2-7(10)8(11)5-6;8-6-7-4-2-1-3-5-7/h1-2,5,10-11H,3-4,9H2;1-5,8H,6H2. The Labute approximate surface area is 112 Å². The number of hydrogen-bond acceptors (Lipinski definition) is 4. The van der Waals surface area contributed by atoms with Crippen molar-refractivity contribution >= 4 is 0 Å². The summed E-state index contributed by atoms with van der Waals surface area (Å²) in [5, 5.41) is 26.5. The maximum Gasteiger partial charge on any atom is 0.157 e. The van der Waals surface area contributed by atoms with Crippen LogP contribution in [0.5, 0.6) is 11.5 Å². The predicted octanol–water partition coefficient (Wildman–Crippen LogP) is 1.78. The van der Waals surface area contributed by atoms with Crippen molar-refractivity contribution in [2.75, 3.05) is 6.54 Å². The van der Waals surface area contributed by atoms with Gasteiger partial charge in [0.15, 0.2) is 11.5 Å². The molecule has 2 aromatic carbocycles. The average Bonchev–Trinajstić information content (AvgIpc) is 2.45. The van der Waals surface area contributed by atoms with Gasteiger partial charge in [-0.2, -0.15) is 0 Å². The zero-order chi connectivity index (χ0) is 14.1. The number of aliphatic hydroxyl groups excluding tert-OH is 1. The van der Waals surface area contributed by atoms with Crippen molar-refractivity contribution in [1.29, 1.82) is 0 Å². The number of phenols is 2. The summed E-state index contributed by atoms with van der Waals surface area (Å²) in [5.41, 5.74) is 7.20. The minimum atomic E-state index is -0.0919. The molecular formula is C15H19NO3. The van der Waals surface area contributed by atoms with Crippen LogP contribution < -0.4 is 5.73 Å². The first-order chi connectivity index (χ1) is 9.17. The smallest absolute Gasteiger partial charge is 0.157 e.